The average molecular weight is 291 g/mol. The molecule has 4 atom stereocenters. The second-order valence-corrected chi connectivity index (χ2v) is 5.12. The molecule has 3 rings (SSSR count). The fourth-order valence-electron chi connectivity index (χ4n) is 2.74. The van der Waals surface area contributed by atoms with Crippen LogP contribution in [-0.2, 0) is 4.74 Å². The van der Waals surface area contributed by atoms with E-state index in [1.54, 1.807) is 24.5 Å². The molecule has 0 unspecified atom stereocenters. The Labute approximate surface area is 120 Å². The van der Waals surface area contributed by atoms with Gasteiger partial charge in [-0.05, 0) is 12.1 Å². The van der Waals surface area contributed by atoms with Crippen molar-refractivity contribution < 1.29 is 20.1 Å². The number of ether oxygens (including phenoxy) is 1. The van der Waals surface area contributed by atoms with Gasteiger partial charge in [0.25, 0.3) is 0 Å². The number of nitrogens with zero attached hydrogens (tertiary/aromatic N) is 1. The van der Waals surface area contributed by atoms with Crippen LogP contribution in [0.2, 0.25) is 0 Å². The predicted molar refractivity (Wildman–Crippen MR) is 74.3 cm³/mol. The number of hydrogen-bond donors (Lipinski definition) is 5. The van der Waals surface area contributed by atoms with Gasteiger partial charge in [-0.1, -0.05) is 12.7 Å². The third-order valence-electron chi connectivity index (χ3n) is 3.98. The largest absolute Gasteiger partial charge is 0.394 e. The maximum absolute atomic E-state index is 10.6. The van der Waals surface area contributed by atoms with Gasteiger partial charge in [0, 0.05) is 17.8 Å². The summed E-state index contributed by atoms with van der Waals surface area (Å²) in [6.45, 7) is 3.10. The minimum absolute atomic E-state index is 0.129. The van der Waals surface area contributed by atoms with Gasteiger partial charge in [-0.25, -0.2) is 0 Å². The number of nitrogens with one attached hydrogen (secondary N) is 2. The van der Waals surface area contributed by atoms with Gasteiger partial charge in [0.15, 0.2) is 11.8 Å². The Bertz CT molecular complexity index is 737. The smallest absolute Gasteiger partial charge is 0.170 e. The fraction of sp³-hybridized carbons (Fsp3) is 0.357. The summed E-state index contributed by atoms with van der Waals surface area (Å²) in [5, 5.41) is 38.9. The first-order chi connectivity index (χ1) is 10.0. The van der Waals surface area contributed by atoms with Crippen LogP contribution in [0.5, 0.6) is 0 Å². The van der Waals surface area contributed by atoms with E-state index < -0.39 is 30.6 Å². The lowest BCUT2D eigenvalue weighted by Crippen LogP contribution is -2.46. The number of fused-ring (bicyclic) bond motifs is 1. The van der Waals surface area contributed by atoms with Crippen molar-refractivity contribution in [3.8, 4) is 0 Å². The Balaban J connectivity index is 2.15. The molecule has 1 aliphatic rings. The molecule has 1 aliphatic heterocycles. The highest BCUT2D eigenvalue weighted by molar-refractivity contribution is 5.77. The van der Waals surface area contributed by atoms with E-state index in [1.165, 1.54) is 10.6 Å². The van der Waals surface area contributed by atoms with Crippen LogP contribution in [0.4, 0.5) is 0 Å². The molecule has 2 aromatic rings. The first-order valence-electron chi connectivity index (χ1n) is 6.56. The summed E-state index contributed by atoms with van der Waals surface area (Å²) in [4.78, 5) is 3.00. The van der Waals surface area contributed by atoms with E-state index in [2.05, 4.69) is 11.6 Å². The van der Waals surface area contributed by atoms with Gasteiger partial charge in [0.1, 0.15) is 17.7 Å². The van der Waals surface area contributed by atoms with Gasteiger partial charge in [-0.2, -0.15) is 0 Å². The van der Waals surface area contributed by atoms with Crippen LogP contribution in [-0.4, -0.2) is 49.3 Å². The van der Waals surface area contributed by atoms with Crippen LogP contribution in [0.15, 0.2) is 37.2 Å². The molecule has 3 heterocycles. The lowest BCUT2D eigenvalue weighted by Gasteiger charge is -2.29. The second-order valence-electron chi connectivity index (χ2n) is 5.12. The molecule has 7 heteroatoms. The van der Waals surface area contributed by atoms with Gasteiger partial charge < -0.3 is 29.6 Å². The Morgan fingerprint density at radius 2 is 2.29 bits per heavy atom. The maximum Gasteiger partial charge on any atom is 0.170 e. The Hall–Kier alpha value is -1.93. The van der Waals surface area contributed by atoms with Crippen molar-refractivity contribution in [1.29, 1.82) is 5.41 Å². The minimum Gasteiger partial charge on any atom is -0.394 e. The van der Waals surface area contributed by atoms with Crippen molar-refractivity contribution in [3.63, 3.8) is 0 Å². The van der Waals surface area contributed by atoms with Crippen molar-refractivity contribution in [2.75, 3.05) is 6.61 Å². The quantitative estimate of drug-likeness (QED) is 0.496. The summed E-state index contributed by atoms with van der Waals surface area (Å²) in [5.74, 6) is 0. The Morgan fingerprint density at radius 3 is 2.95 bits per heavy atom. The lowest BCUT2D eigenvalue weighted by molar-refractivity contribution is -0.0809. The SMILES string of the molecule is C=C[C@@]1(O)[C@H](O)[C@@H](CO)O[C@H]1n1ccc2[nH]ccc2c1=N. The highest BCUT2D eigenvalue weighted by atomic mass is 16.6. The molecule has 1 saturated heterocycles. The molecule has 2 aromatic heterocycles. The molecule has 21 heavy (non-hydrogen) atoms. The lowest BCUT2D eigenvalue weighted by atomic mass is 9.94. The van der Waals surface area contributed by atoms with Crippen LogP contribution in [0, 0.1) is 5.41 Å². The molecule has 7 nitrogen and oxygen atoms in total. The van der Waals surface area contributed by atoms with E-state index in [0.29, 0.717) is 5.39 Å². The summed E-state index contributed by atoms with van der Waals surface area (Å²) < 4.78 is 6.95. The number of aliphatic hydroxyl groups excluding tert-OH is 2. The molecule has 112 valence electrons. The number of pyridine rings is 1. The molecular weight excluding hydrogens is 274 g/mol. The van der Waals surface area contributed by atoms with Crippen LogP contribution >= 0.6 is 0 Å². The highest BCUT2D eigenvalue weighted by Gasteiger charge is 2.54. The summed E-state index contributed by atoms with van der Waals surface area (Å²) in [6, 6.07) is 3.49. The zero-order chi connectivity index (χ0) is 15.2. The van der Waals surface area contributed by atoms with Crippen molar-refractivity contribution >= 4 is 10.9 Å². The van der Waals surface area contributed by atoms with Crippen LogP contribution < -0.4 is 5.49 Å². The van der Waals surface area contributed by atoms with Gasteiger partial charge in [0.05, 0.1) is 12.1 Å². The number of H-pyrrole nitrogens is 1. The van der Waals surface area contributed by atoms with Gasteiger partial charge in [-0.3, -0.25) is 5.41 Å². The summed E-state index contributed by atoms with van der Waals surface area (Å²) >= 11 is 0. The molecule has 0 bridgehead atoms. The second kappa shape index (κ2) is 4.81. The van der Waals surface area contributed by atoms with Gasteiger partial charge in [-0.15, -0.1) is 0 Å². The minimum atomic E-state index is -1.78. The predicted octanol–water partition coefficient (Wildman–Crippen LogP) is -0.383. The normalized spacial score (nSPS) is 32.6. The van der Waals surface area contributed by atoms with Crippen molar-refractivity contribution in [1.82, 2.24) is 9.55 Å². The molecule has 0 radical (unpaired) electrons. The first kappa shape index (κ1) is 14.0. The standard InChI is InChI=1S/C14H17N3O4/c1-2-14(20)11(19)10(7-18)21-13(14)17-6-4-9-8(12(17)15)3-5-16-9/h2-6,10-11,13,15-16,18-20H,1,7H2/t10-,11-,13-,14-/m1/s1. The van der Waals surface area contributed by atoms with E-state index in [1.807, 2.05) is 0 Å². The van der Waals surface area contributed by atoms with Gasteiger partial charge in [0.2, 0.25) is 0 Å². The molecular formula is C14H17N3O4. The Kier molecular flexibility index (Phi) is 3.22. The molecule has 0 aromatic carbocycles. The van der Waals surface area contributed by atoms with Crippen LogP contribution in [0.25, 0.3) is 10.9 Å². The number of aromatic amines is 1. The monoisotopic (exact) mass is 291 g/mol. The maximum atomic E-state index is 10.6. The molecule has 0 spiro atoms. The fourth-order valence-corrected chi connectivity index (χ4v) is 2.74. The van der Waals surface area contributed by atoms with Crippen molar-refractivity contribution in [3.05, 3.63) is 42.7 Å². The van der Waals surface area contributed by atoms with Crippen LogP contribution in [0.1, 0.15) is 6.23 Å². The molecule has 1 fully saturated rings. The van der Waals surface area contributed by atoms with Crippen LogP contribution in [0.3, 0.4) is 0 Å². The number of rotatable bonds is 3. The van der Waals surface area contributed by atoms with E-state index in [4.69, 9.17) is 10.1 Å². The molecule has 5 N–H and O–H groups in total. The molecule has 0 aliphatic carbocycles. The Morgan fingerprint density at radius 1 is 1.52 bits per heavy atom. The number of aliphatic hydroxyl groups is 3. The van der Waals surface area contributed by atoms with E-state index in [0.717, 1.165) is 5.52 Å². The average Bonchev–Trinajstić information content (AvgIpc) is 3.06. The van der Waals surface area contributed by atoms with E-state index in [9.17, 15) is 15.3 Å². The molecule has 0 saturated carbocycles. The zero-order valence-electron chi connectivity index (χ0n) is 11.2. The molecule has 0 amide bonds. The topological polar surface area (TPSA) is 114 Å². The van der Waals surface area contributed by atoms with E-state index in [-0.39, 0.29) is 5.49 Å². The van der Waals surface area contributed by atoms with Crippen molar-refractivity contribution in [2.24, 2.45) is 0 Å². The number of hydrogen-bond acceptors (Lipinski definition) is 5. The van der Waals surface area contributed by atoms with Crippen molar-refractivity contribution in [2.45, 2.75) is 24.0 Å². The van der Waals surface area contributed by atoms with Gasteiger partial charge >= 0.3 is 0 Å². The summed E-state index contributed by atoms with van der Waals surface area (Å²) in [5.41, 5.74) is -0.863. The number of aromatic nitrogens is 2. The zero-order valence-corrected chi connectivity index (χ0v) is 11.2. The third kappa shape index (κ3) is 1.86. The first-order valence-corrected chi connectivity index (χ1v) is 6.56. The summed E-state index contributed by atoms with van der Waals surface area (Å²) in [6.07, 6.45) is 1.20. The highest BCUT2D eigenvalue weighted by Crippen LogP contribution is 2.38. The third-order valence-corrected chi connectivity index (χ3v) is 3.98. The van der Waals surface area contributed by atoms with E-state index >= 15 is 0 Å². The summed E-state index contributed by atoms with van der Waals surface area (Å²) in [7, 11) is 0.